The lowest BCUT2D eigenvalue weighted by Gasteiger charge is -2.31. The standard InChI is InChI=1S/C22H32N6O/c1-4-28(19-8-6-5-7-9-19)16-21(29)24-17-10-12-18(13-11-17)25-22-23-15-14-20(26-22)27(2)3/h5-9,14-15,17-18H,4,10-13,16H2,1-3H3,(H,24,29)(H,23,25,26)/t17-,18+. The molecule has 1 amide bonds. The Morgan fingerprint density at radius 1 is 1.07 bits per heavy atom. The molecule has 3 rings (SSSR count). The van der Waals surface area contributed by atoms with Crippen LogP contribution >= 0.6 is 0 Å². The van der Waals surface area contributed by atoms with Crippen LogP contribution < -0.4 is 20.4 Å². The van der Waals surface area contributed by atoms with Crippen molar-refractivity contribution in [3.05, 3.63) is 42.6 Å². The average molecular weight is 397 g/mol. The van der Waals surface area contributed by atoms with E-state index in [-0.39, 0.29) is 11.9 Å². The van der Waals surface area contributed by atoms with Crippen LogP contribution in [0.25, 0.3) is 0 Å². The fourth-order valence-electron chi connectivity index (χ4n) is 3.70. The number of amides is 1. The van der Waals surface area contributed by atoms with Crippen molar-refractivity contribution >= 4 is 23.4 Å². The topological polar surface area (TPSA) is 73.4 Å². The van der Waals surface area contributed by atoms with Gasteiger partial charge < -0.3 is 20.4 Å². The molecule has 2 N–H and O–H groups in total. The van der Waals surface area contributed by atoms with E-state index in [1.54, 1.807) is 6.20 Å². The van der Waals surface area contributed by atoms with Crippen LogP contribution in [0.5, 0.6) is 0 Å². The van der Waals surface area contributed by atoms with Gasteiger partial charge in [0, 0.05) is 44.6 Å². The highest BCUT2D eigenvalue weighted by Gasteiger charge is 2.23. The molecule has 1 aliphatic carbocycles. The maximum Gasteiger partial charge on any atom is 0.239 e. The Hall–Kier alpha value is -2.83. The summed E-state index contributed by atoms with van der Waals surface area (Å²) in [5.74, 6) is 1.65. The summed E-state index contributed by atoms with van der Waals surface area (Å²) < 4.78 is 0. The van der Waals surface area contributed by atoms with Crippen molar-refractivity contribution in [1.82, 2.24) is 15.3 Å². The molecule has 2 aromatic rings. The number of benzene rings is 1. The first-order valence-corrected chi connectivity index (χ1v) is 10.4. The number of likely N-dealkylation sites (N-methyl/N-ethyl adjacent to an activating group) is 1. The summed E-state index contributed by atoms with van der Waals surface area (Å²) in [6, 6.07) is 12.6. The summed E-state index contributed by atoms with van der Waals surface area (Å²) in [6.07, 6.45) is 5.71. The van der Waals surface area contributed by atoms with Crippen molar-refractivity contribution in [2.45, 2.75) is 44.7 Å². The Morgan fingerprint density at radius 3 is 2.41 bits per heavy atom. The zero-order chi connectivity index (χ0) is 20.6. The molecule has 7 nitrogen and oxygen atoms in total. The molecule has 1 fully saturated rings. The zero-order valence-corrected chi connectivity index (χ0v) is 17.6. The van der Waals surface area contributed by atoms with Crippen LogP contribution in [0, 0.1) is 0 Å². The fraction of sp³-hybridized carbons (Fsp3) is 0.500. The van der Waals surface area contributed by atoms with Gasteiger partial charge in [-0.05, 0) is 50.8 Å². The molecule has 0 spiro atoms. The van der Waals surface area contributed by atoms with Gasteiger partial charge >= 0.3 is 0 Å². The Labute approximate surface area is 173 Å². The van der Waals surface area contributed by atoms with Gasteiger partial charge in [-0.3, -0.25) is 4.79 Å². The molecule has 0 radical (unpaired) electrons. The Bertz CT molecular complexity index is 774. The minimum Gasteiger partial charge on any atom is -0.363 e. The van der Waals surface area contributed by atoms with E-state index < -0.39 is 0 Å². The minimum absolute atomic E-state index is 0.0918. The Balaban J connectivity index is 1.44. The van der Waals surface area contributed by atoms with Crippen LogP contribution in [-0.2, 0) is 4.79 Å². The van der Waals surface area contributed by atoms with Crippen molar-refractivity contribution in [3.8, 4) is 0 Å². The molecule has 0 aliphatic heterocycles. The van der Waals surface area contributed by atoms with Gasteiger partial charge in [0.25, 0.3) is 0 Å². The van der Waals surface area contributed by atoms with Gasteiger partial charge in [-0.25, -0.2) is 4.98 Å². The second kappa shape index (κ2) is 10.1. The number of nitrogens with zero attached hydrogens (tertiary/aromatic N) is 4. The first kappa shape index (κ1) is 20.9. The average Bonchev–Trinajstić information content (AvgIpc) is 2.74. The molecule has 1 saturated carbocycles. The third-order valence-electron chi connectivity index (χ3n) is 5.36. The van der Waals surface area contributed by atoms with Crippen molar-refractivity contribution in [2.75, 3.05) is 42.3 Å². The lowest BCUT2D eigenvalue weighted by atomic mass is 9.91. The number of rotatable bonds is 8. The number of aromatic nitrogens is 2. The SMILES string of the molecule is CCN(CC(=O)N[C@H]1CC[C@@H](Nc2nccc(N(C)C)n2)CC1)c1ccccc1. The van der Waals surface area contributed by atoms with Crippen molar-refractivity contribution in [1.29, 1.82) is 0 Å². The van der Waals surface area contributed by atoms with Crippen LogP contribution in [0.15, 0.2) is 42.6 Å². The third kappa shape index (κ3) is 6.07. The van der Waals surface area contributed by atoms with Gasteiger partial charge in [-0.2, -0.15) is 4.98 Å². The minimum atomic E-state index is 0.0918. The zero-order valence-electron chi connectivity index (χ0n) is 17.6. The largest absolute Gasteiger partial charge is 0.363 e. The quantitative estimate of drug-likeness (QED) is 0.715. The summed E-state index contributed by atoms with van der Waals surface area (Å²) in [5, 5.41) is 6.66. The Morgan fingerprint density at radius 2 is 1.76 bits per heavy atom. The number of hydrogen-bond donors (Lipinski definition) is 2. The van der Waals surface area contributed by atoms with Crippen molar-refractivity contribution in [3.63, 3.8) is 0 Å². The van der Waals surface area contributed by atoms with E-state index in [0.717, 1.165) is 43.7 Å². The summed E-state index contributed by atoms with van der Waals surface area (Å²) in [5.41, 5.74) is 1.08. The summed E-state index contributed by atoms with van der Waals surface area (Å²) in [7, 11) is 3.94. The second-order valence-corrected chi connectivity index (χ2v) is 7.74. The molecular weight excluding hydrogens is 364 g/mol. The van der Waals surface area contributed by atoms with Gasteiger partial charge in [-0.1, -0.05) is 18.2 Å². The predicted octanol–water partition coefficient (Wildman–Crippen LogP) is 2.91. The van der Waals surface area contributed by atoms with E-state index in [4.69, 9.17) is 0 Å². The highest BCUT2D eigenvalue weighted by molar-refractivity contribution is 5.81. The van der Waals surface area contributed by atoms with Gasteiger partial charge in [-0.15, -0.1) is 0 Å². The molecule has 0 atom stereocenters. The predicted molar refractivity (Wildman–Crippen MR) is 118 cm³/mol. The van der Waals surface area contributed by atoms with E-state index in [1.165, 1.54) is 0 Å². The summed E-state index contributed by atoms with van der Waals surface area (Å²) in [6.45, 7) is 3.27. The van der Waals surface area contributed by atoms with E-state index >= 15 is 0 Å². The molecule has 0 saturated heterocycles. The smallest absolute Gasteiger partial charge is 0.239 e. The number of para-hydroxylation sites is 1. The molecular formula is C22H32N6O. The van der Waals surface area contributed by atoms with Crippen LogP contribution in [0.1, 0.15) is 32.6 Å². The van der Waals surface area contributed by atoms with Gasteiger partial charge in [0.1, 0.15) is 5.82 Å². The highest BCUT2D eigenvalue weighted by Crippen LogP contribution is 2.22. The second-order valence-electron chi connectivity index (χ2n) is 7.74. The van der Waals surface area contributed by atoms with E-state index in [2.05, 4.69) is 32.4 Å². The molecule has 0 bridgehead atoms. The van der Waals surface area contributed by atoms with Gasteiger partial charge in [0.2, 0.25) is 11.9 Å². The third-order valence-corrected chi connectivity index (χ3v) is 5.36. The first-order valence-electron chi connectivity index (χ1n) is 10.4. The summed E-state index contributed by atoms with van der Waals surface area (Å²) >= 11 is 0. The maximum atomic E-state index is 12.5. The lowest BCUT2D eigenvalue weighted by Crippen LogP contribution is -2.44. The molecule has 156 valence electrons. The van der Waals surface area contributed by atoms with Crippen LogP contribution in [0.2, 0.25) is 0 Å². The normalized spacial score (nSPS) is 18.7. The molecule has 0 unspecified atom stereocenters. The van der Waals surface area contributed by atoms with Gasteiger partial charge in [0.05, 0.1) is 6.54 Å². The van der Waals surface area contributed by atoms with Crippen LogP contribution in [0.3, 0.4) is 0 Å². The highest BCUT2D eigenvalue weighted by atomic mass is 16.2. The van der Waals surface area contributed by atoms with E-state index in [0.29, 0.717) is 18.5 Å². The number of carbonyl (C=O) groups is 1. The molecule has 1 aromatic carbocycles. The van der Waals surface area contributed by atoms with E-state index in [9.17, 15) is 4.79 Å². The van der Waals surface area contributed by atoms with Gasteiger partial charge in [0.15, 0.2) is 0 Å². The molecule has 1 aliphatic rings. The number of nitrogens with one attached hydrogen (secondary N) is 2. The molecule has 1 heterocycles. The van der Waals surface area contributed by atoms with E-state index in [1.807, 2.05) is 55.4 Å². The monoisotopic (exact) mass is 396 g/mol. The number of anilines is 3. The number of carbonyl (C=O) groups excluding carboxylic acids is 1. The molecule has 29 heavy (non-hydrogen) atoms. The fourth-order valence-corrected chi connectivity index (χ4v) is 3.70. The van der Waals surface area contributed by atoms with Crippen molar-refractivity contribution in [2.24, 2.45) is 0 Å². The van der Waals surface area contributed by atoms with Crippen molar-refractivity contribution < 1.29 is 4.79 Å². The lowest BCUT2D eigenvalue weighted by molar-refractivity contribution is -0.120. The van der Waals surface area contributed by atoms with Crippen LogP contribution in [0.4, 0.5) is 17.5 Å². The van der Waals surface area contributed by atoms with Crippen LogP contribution in [-0.4, -0.2) is 55.1 Å². The Kier molecular flexibility index (Phi) is 7.27. The summed E-state index contributed by atoms with van der Waals surface area (Å²) in [4.78, 5) is 25.5. The number of hydrogen-bond acceptors (Lipinski definition) is 6. The first-order chi connectivity index (χ1) is 14.0. The molecule has 1 aromatic heterocycles. The molecule has 7 heteroatoms. The maximum absolute atomic E-state index is 12.5.